The number of nitrogens with zero attached hydrogens (tertiary/aromatic N) is 1. The zero-order valence-electron chi connectivity index (χ0n) is 22.9. The molecule has 2 aromatic carbocycles. The minimum Gasteiger partial charge on any atom is -0.356 e. The smallest absolute Gasteiger partial charge is 0.255 e. The first kappa shape index (κ1) is 26.7. The molecule has 3 aromatic rings. The minimum absolute atomic E-state index is 0.143. The van der Waals surface area contributed by atoms with Crippen molar-refractivity contribution in [3.63, 3.8) is 0 Å². The zero-order chi connectivity index (χ0) is 27.6. The molecule has 208 valence electrons. The molecule has 0 spiro atoms. The second-order valence-corrected chi connectivity index (χ2v) is 12.0. The van der Waals surface area contributed by atoms with Gasteiger partial charge in [0, 0.05) is 35.1 Å². The van der Waals surface area contributed by atoms with Crippen LogP contribution in [-0.4, -0.2) is 58.2 Å². The number of benzene rings is 2. The highest BCUT2D eigenvalue weighted by molar-refractivity contribution is 7.98. The van der Waals surface area contributed by atoms with E-state index in [0.29, 0.717) is 24.9 Å². The fourth-order valence-corrected chi connectivity index (χ4v) is 6.98. The van der Waals surface area contributed by atoms with E-state index in [-0.39, 0.29) is 23.8 Å². The summed E-state index contributed by atoms with van der Waals surface area (Å²) in [4.78, 5) is 46.2. The average Bonchev–Trinajstić information content (AvgIpc) is 3.50. The molecule has 1 aromatic heterocycles. The summed E-state index contributed by atoms with van der Waals surface area (Å²) in [6, 6.07) is 14.0. The summed E-state index contributed by atoms with van der Waals surface area (Å²) in [6.45, 7) is 0.570. The maximum atomic E-state index is 14.0. The average molecular weight is 557 g/mol. The lowest BCUT2D eigenvalue weighted by Crippen LogP contribution is -2.56. The van der Waals surface area contributed by atoms with Gasteiger partial charge in [-0.15, -0.1) is 0 Å². The van der Waals surface area contributed by atoms with Gasteiger partial charge in [0.15, 0.2) is 0 Å². The Hall–Kier alpha value is -3.52. The molecular weight excluding hydrogens is 520 g/mol. The lowest BCUT2D eigenvalue weighted by atomic mass is 9.89. The first-order valence-electron chi connectivity index (χ1n) is 14.3. The summed E-state index contributed by atoms with van der Waals surface area (Å²) in [5.74, 6) is 0.168. The zero-order valence-corrected chi connectivity index (χ0v) is 23.7. The van der Waals surface area contributed by atoms with Crippen molar-refractivity contribution in [2.45, 2.75) is 63.1 Å². The van der Waals surface area contributed by atoms with Crippen molar-refractivity contribution in [2.24, 2.45) is 0 Å². The van der Waals surface area contributed by atoms with Gasteiger partial charge in [0.05, 0.1) is 6.04 Å². The number of carbonyl (C=O) groups is 3. The molecule has 0 fully saturated rings. The number of para-hydroxylation sites is 1. The number of fused-ring (bicyclic) bond motifs is 7. The van der Waals surface area contributed by atoms with Crippen LogP contribution in [-0.2, 0) is 16.0 Å². The maximum absolute atomic E-state index is 14.0. The van der Waals surface area contributed by atoms with E-state index < -0.39 is 12.1 Å². The Morgan fingerprint density at radius 2 is 1.95 bits per heavy atom. The summed E-state index contributed by atoms with van der Waals surface area (Å²) in [5.41, 5.74) is 5.98. The minimum atomic E-state index is -0.714. The molecule has 1 aliphatic carbocycles. The van der Waals surface area contributed by atoms with E-state index in [2.05, 4.69) is 27.8 Å². The largest absolute Gasteiger partial charge is 0.356 e. The van der Waals surface area contributed by atoms with Crippen LogP contribution in [0.4, 0.5) is 0 Å². The lowest BCUT2D eigenvalue weighted by molar-refractivity contribution is -0.132. The van der Waals surface area contributed by atoms with Gasteiger partial charge in [0.25, 0.3) is 5.91 Å². The van der Waals surface area contributed by atoms with Gasteiger partial charge >= 0.3 is 0 Å². The number of amides is 3. The molecule has 3 amide bonds. The van der Waals surface area contributed by atoms with Crippen molar-refractivity contribution in [3.8, 4) is 0 Å². The standard InChI is InChI=1S/C32H36N4O3S/c1-40-18-16-26(30(37)33-17-15-20-9-3-2-4-10-20)35-31(38)27-19-24-21-11-7-8-14-25(21)34-28(24)29-22-12-5-6-13-23(22)32(39)36(27)29/h5-9,11-14,26-27,29,34H,2-4,10,15-19H2,1H3,(H,33,37)(H,35,38)/t26-,27-,29+/m0/s1. The van der Waals surface area contributed by atoms with Crippen molar-refractivity contribution in [1.82, 2.24) is 20.5 Å². The fraction of sp³-hybridized carbons (Fsp3) is 0.406. The predicted molar refractivity (Wildman–Crippen MR) is 159 cm³/mol. The van der Waals surface area contributed by atoms with Gasteiger partial charge in [0.1, 0.15) is 12.1 Å². The van der Waals surface area contributed by atoms with Crippen molar-refractivity contribution < 1.29 is 14.4 Å². The third-order valence-corrected chi connectivity index (χ3v) is 9.17. The number of thioether (sulfide) groups is 1. The highest BCUT2D eigenvalue weighted by Crippen LogP contribution is 2.46. The van der Waals surface area contributed by atoms with Crippen molar-refractivity contribution in [1.29, 1.82) is 0 Å². The Morgan fingerprint density at radius 3 is 2.77 bits per heavy atom. The van der Waals surface area contributed by atoms with E-state index in [4.69, 9.17) is 0 Å². The van der Waals surface area contributed by atoms with Crippen LogP contribution in [0.5, 0.6) is 0 Å². The second kappa shape index (κ2) is 11.5. The molecule has 40 heavy (non-hydrogen) atoms. The third kappa shape index (κ3) is 4.94. The maximum Gasteiger partial charge on any atom is 0.255 e. The van der Waals surface area contributed by atoms with Crippen LogP contribution in [0.1, 0.15) is 71.7 Å². The number of allylic oxidation sites excluding steroid dienone is 1. The molecule has 3 aliphatic rings. The van der Waals surface area contributed by atoms with Crippen LogP contribution in [0.3, 0.4) is 0 Å². The lowest BCUT2D eigenvalue weighted by Gasteiger charge is -2.37. The van der Waals surface area contributed by atoms with E-state index in [0.717, 1.165) is 52.7 Å². The SMILES string of the molecule is CSCC[C@H](NC(=O)[C@@H]1Cc2c([nH]c3ccccc23)[C@H]2c3ccccc3C(=O)N21)C(=O)NCCC1=CCCCC1. The number of hydrogen-bond acceptors (Lipinski definition) is 4. The molecule has 3 N–H and O–H groups in total. The molecule has 8 heteroatoms. The molecule has 7 nitrogen and oxygen atoms in total. The van der Waals surface area contributed by atoms with Crippen LogP contribution in [0.25, 0.3) is 10.9 Å². The van der Waals surface area contributed by atoms with Crippen molar-refractivity contribution in [3.05, 3.63) is 82.6 Å². The predicted octanol–water partition coefficient (Wildman–Crippen LogP) is 4.88. The van der Waals surface area contributed by atoms with Gasteiger partial charge < -0.3 is 20.5 Å². The molecule has 6 rings (SSSR count). The van der Waals surface area contributed by atoms with Gasteiger partial charge in [-0.1, -0.05) is 48.0 Å². The first-order chi connectivity index (χ1) is 19.6. The van der Waals surface area contributed by atoms with E-state index >= 15 is 0 Å². The number of aromatic amines is 1. The number of carbonyl (C=O) groups excluding carboxylic acids is 3. The van der Waals surface area contributed by atoms with Crippen molar-refractivity contribution >= 4 is 40.4 Å². The summed E-state index contributed by atoms with van der Waals surface area (Å²) in [6.07, 6.45) is 10.8. The van der Waals surface area contributed by atoms with E-state index in [1.807, 2.05) is 48.7 Å². The van der Waals surface area contributed by atoms with E-state index in [1.54, 1.807) is 16.7 Å². The Morgan fingerprint density at radius 1 is 1.12 bits per heavy atom. The Kier molecular flexibility index (Phi) is 7.69. The number of H-pyrrole nitrogens is 1. The molecule has 3 atom stereocenters. The number of rotatable bonds is 9. The summed E-state index contributed by atoms with van der Waals surface area (Å²) < 4.78 is 0. The monoisotopic (exact) mass is 556 g/mol. The molecule has 0 bridgehead atoms. The quantitative estimate of drug-likeness (QED) is 0.328. The first-order valence-corrected chi connectivity index (χ1v) is 15.7. The van der Waals surface area contributed by atoms with Crippen LogP contribution in [0, 0.1) is 0 Å². The molecule has 0 unspecified atom stereocenters. The Balaban J connectivity index is 1.25. The van der Waals surface area contributed by atoms with E-state index in [1.165, 1.54) is 18.4 Å². The highest BCUT2D eigenvalue weighted by Gasteiger charge is 2.49. The summed E-state index contributed by atoms with van der Waals surface area (Å²) >= 11 is 1.65. The Labute approximate surface area is 239 Å². The molecular formula is C32H36N4O3S. The van der Waals surface area contributed by atoms with Crippen LogP contribution in [0.2, 0.25) is 0 Å². The third-order valence-electron chi connectivity index (χ3n) is 8.53. The number of hydrogen-bond donors (Lipinski definition) is 3. The van der Waals surface area contributed by atoms with Gasteiger partial charge in [-0.05, 0) is 73.8 Å². The van der Waals surface area contributed by atoms with Crippen LogP contribution in [0.15, 0.2) is 60.2 Å². The number of nitrogens with one attached hydrogen (secondary N) is 3. The normalized spacial score (nSPS) is 20.4. The van der Waals surface area contributed by atoms with E-state index in [9.17, 15) is 14.4 Å². The molecule has 3 heterocycles. The summed E-state index contributed by atoms with van der Waals surface area (Å²) in [5, 5.41) is 7.19. The van der Waals surface area contributed by atoms with Gasteiger partial charge in [-0.3, -0.25) is 14.4 Å². The van der Waals surface area contributed by atoms with Crippen LogP contribution < -0.4 is 10.6 Å². The molecule has 0 radical (unpaired) electrons. The molecule has 0 saturated heterocycles. The number of aromatic nitrogens is 1. The Bertz CT molecular complexity index is 1480. The topological polar surface area (TPSA) is 94.3 Å². The van der Waals surface area contributed by atoms with Crippen LogP contribution >= 0.6 is 11.8 Å². The van der Waals surface area contributed by atoms with Gasteiger partial charge in [-0.25, -0.2) is 0 Å². The molecule has 0 saturated carbocycles. The summed E-state index contributed by atoms with van der Waals surface area (Å²) in [7, 11) is 0. The highest BCUT2D eigenvalue weighted by atomic mass is 32.2. The molecule has 2 aliphatic heterocycles. The fourth-order valence-electron chi connectivity index (χ4n) is 6.51. The second-order valence-electron chi connectivity index (χ2n) is 11.0. The van der Waals surface area contributed by atoms with Gasteiger partial charge in [0.2, 0.25) is 11.8 Å². The van der Waals surface area contributed by atoms with Gasteiger partial charge in [-0.2, -0.15) is 11.8 Å². The van der Waals surface area contributed by atoms with Crippen molar-refractivity contribution in [2.75, 3.05) is 18.6 Å².